The Morgan fingerprint density at radius 3 is 1.86 bits per heavy atom. The van der Waals surface area contributed by atoms with Crippen LogP contribution in [0.25, 0.3) is 11.1 Å². The second kappa shape index (κ2) is 11.8. The van der Waals surface area contributed by atoms with Crippen molar-refractivity contribution < 1.29 is 36.2 Å². The lowest BCUT2D eigenvalue weighted by atomic mass is 9.79. The van der Waals surface area contributed by atoms with Crippen molar-refractivity contribution in [3.63, 3.8) is 0 Å². The summed E-state index contributed by atoms with van der Waals surface area (Å²) in [5, 5.41) is 0. The molecule has 1 aliphatic carbocycles. The quantitative estimate of drug-likeness (QED) is 0.266. The highest BCUT2D eigenvalue weighted by atomic mass is 19.2. The zero-order chi connectivity index (χ0) is 26.5. The van der Waals surface area contributed by atoms with Gasteiger partial charge in [-0.2, -0.15) is 8.78 Å². The van der Waals surface area contributed by atoms with Crippen molar-refractivity contribution in [2.24, 2.45) is 5.92 Å². The largest absolute Gasteiger partial charge is 0.491 e. The van der Waals surface area contributed by atoms with E-state index in [1.165, 1.54) is 30.3 Å². The summed E-state index contributed by atoms with van der Waals surface area (Å²) < 4.78 is 88.1. The van der Waals surface area contributed by atoms with Crippen LogP contribution >= 0.6 is 0 Å². The topological polar surface area (TPSA) is 27.7 Å². The third-order valence-electron chi connectivity index (χ3n) is 6.73. The molecule has 0 N–H and O–H groups in total. The van der Waals surface area contributed by atoms with Crippen LogP contribution in [-0.4, -0.2) is 19.8 Å². The van der Waals surface area contributed by atoms with Crippen molar-refractivity contribution in [1.29, 1.82) is 0 Å². The van der Waals surface area contributed by atoms with Crippen LogP contribution in [0.15, 0.2) is 42.5 Å². The second-order valence-electron chi connectivity index (χ2n) is 9.06. The third kappa shape index (κ3) is 5.84. The van der Waals surface area contributed by atoms with Gasteiger partial charge in [-0.15, -0.1) is 0 Å². The van der Waals surface area contributed by atoms with Gasteiger partial charge in [-0.25, -0.2) is 13.2 Å². The molecule has 4 rings (SSSR count). The summed E-state index contributed by atoms with van der Waals surface area (Å²) in [6.07, 6.45) is 2.75. The van der Waals surface area contributed by atoms with E-state index >= 15 is 0 Å². The molecule has 0 amide bonds. The summed E-state index contributed by atoms with van der Waals surface area (Å²) in [5.41, 5.74) is 0.442. The molecule has 0 unspecified atom stereocenters. The molecule has 3 nitrogen and oxygen atoms in total. The maximum Gasteiger partial charge on any atom is 0.201 e. The Morgan fingerprint density at radius 2 is 1.24 bits per heavy atom. The van der Waals surface area contributed by atoms with Gasteiger partial charge in [-0.3, -0.25) is 0 Å². The summed E-state index contributed by atoms with van der Waals surface area (Å²) in [7, 11) is 0. The maximum absolute atomic E-state index is 14.7. The van der Waals surface area contributed by atoms with Gasteiger partial charge in [0.2, 0.25) is 11.6 Å². The predicted octanol–water partition coefficient (Wildman–Crippen LogP) is 8.20. The van der Waals surface area contributed by atoms with E-state index in [9.17, 15) is 22.0 Å². The smallest absolute Gasteiger partial charge is 0.201 e. The molecule has 0 spiro atoms. The molecule has 8 heteroatoms. The van der Waals surface area contributed by atoms with Crippen molar-refractivity contribution in [2.75, 3.05) is 19.8 Å². The molecule has 1 fully saturated rings. The SMILES string of the molecule is CCOc1ccc(-c2ccc(OCC3CCC(c4ccc(OCC)c(F)c4F)CC3)c(F)c2)c(F)c1F. The molecular formula is C29H29F5O3. The molecule has 3 aromatic carbocycles. The molecule has 0 radical (unpaired) electrons. The Kier molecular flexibility index (Phi) is 8.56. The van der Waals surface area contributed by atoms with Gasteiger partial charge in [0.25, 0.3) is 0 Å². The van der Waals surface area contributed by atoms with Gasteiger partial charge in [0, 0.05) is 5.56 Å². The van der Waals surface area contributed by atoms with E-state index in [0.29, 0.717) is 18.4 Å². The first kappa shape index (κ1) is 26.8. The number of rotatable bonds is 9. The monoisotopic (exact) mass is 520 g/mol. The van der Waals surface area contributed by atoms with Crippen molar-refractivity contribution >= 4 is 0 Å². The number of benzene rings is 3. The fourth-order valence-electron chi connectivity index (χ4n) is 4.78. The highest BCUT2D eigenvalue weighted by Gasteiger charge is 2.27. The molecule has 37 heavy (non-hydrogen) atoms. The zero-order valence-corrected chi connectivity index (χ0v) is 20.8. The molecule has 0 heterocycles. The Morgan fingerprint density at radius 1 is 0.649 bits per heavy atom. The average Bonchev–Trinajstić information content (AvgIpc) is 2.90. The molecule has 0 atom stereocenters. The molecule has 3 aromatic rings. The van der Waals surface area contributed by atoms with Crippen LogP contribution < -0.4 is 14.2 Å². The Hall–Kier alpha value is -3.29. The minimum Gasteiger partial charge on any atom is -0.491 e. The lowest BCUT2D eigenvalue weighted by molar-refractivity contribution is 0.193. The molecule has 0 bridgehead atoms. The van der Waals surface area contributed by atoms with Crippen molar-refractivity contribution in [3.05, 3.63) is 77.1 Å². The number of hydrogen-bond donors (Lipinski definition) is 0. The minimum atomic E-state index is -1.12. The molecule has 1 saturated carbocycles. The Bertz CT molecular complexity index is 1240. The average molecular weight is 521 g/mol. The van der Waals surface area contributed by atoms with Crippen molar-refractivity contribution in [3.8, 4) is 28.4 Å². The third-order valence-corrected chi connectivity index (χ3v) is 6.73. The predicted molar refractivity (Wildman–Crippen MR) is 131 cm³/mol. The Balaban J connectivity index is 1.36. The summed E-state index contributed by atoms with van der Waals surface area (Å²) in [4.78, 5) is 0. The van der Waals surface area contributed by atoms with Crippen LogP contribution in [0.3, 0.4) is 0 Å². The summed E-state index contributed by atoms with van der Waals surface area (Å²) in [6.45, 7) is 4.07. The summed E-state index contributed by atoms with van der Waals surface area (Å²) >= 11 is 0. The first-order valence-corrected chi connectivity index (χ1v) is 12.5. The van der Waals surface area contributed by atoms with Gasteiger partial charge in [0.1, 0.15) is 0 Å². The summed E-state index contributed by atoms with van der Waals surface area (Å²) in [6, 6.07) is 9.67. The second-order valence-corrected chi connectivity index (χ2v) is 9.06. The van der Waals surface area contributed by atoms with Gasteiger partial charge >= 0.3 is 0 Å². The maximum atomic E-state index is 14.7. The fourth-order valence-corrected chi connectivity index (χ4v) is 4.78. The van der Waals surface area contributed by atoms with Gasteiger partial charge in [-0.05, 0) is 92.8 Å². The van der Waals surface area contributed by atoms with Gasteiger partial charge < -0.3 is 14.2 Å². The highest BCUT2D eigenvalue weighted by Crippen LogP contribution is 2.39. The van der Waals surface area contributed by atoms with Gasteiger partial charge in [-0.1, -0.05) is 12.1 Å². The number of halogens is 5. The molecule has 198 valence electrons. The fraction of sp³-hybridized carbons (Fsp3) is 0.379. The van der Waals surface area contributed by atoms with Crippen molar-refractivity contribution in [1.82, 2.24) is 0 Å². The van der Waals surface area contributed by atoms with E-state index in [0.717, 1.165) is 18.9 Å². The zero-order valence-electron chi connectivity index (χ0n) is 20.8. The van der Waals surface area contributed by atoms with Crippen LogP contribution in [0.4, 0.5) is 22.0 Å². The standard InChI is InChI=1S/C29H29F5O3/c1-3-35-24-13-10-20(26(31)28(24)33)18-7-5-17(6-8-18)16-37-23-12-9-19(15-22(23)30)21-11-14-25(36-4-2)29(34)27(21)32/h9-15,17-18H,3-8,16H2,1-2H3. The van der Waals surface area contributed by atoms with E-state index in [4.69, 9.17) is 14.2 Å². The first-order chi connectivity index (χ1) is 17.8. The van der Waals surface area contributed by atoms with Crippen LogP contribution in [0.5, 0.6) is 17.2 Å². The summed E-state index contributed by atoms with van der Waals surface area (Å²) in [5.74, 6) is -5.01. The van der Waals surface area contributed by atoms with E-state index in [1.54, 1.807) is 19.9 Å². The van der Waals surface area contributed by atoms with E-state index < -0.39 is 29.1 Å². The molecule has 0 saturated heterocycles. The molecule has 0 aromatic heterocycles. The number of ether oxygens (including phenoxy) is 3. The normalized spacial score (nSPS) is 17.5. The van der Waals surface area contributed by atoms with Crippen LogP contribution in [-0.2, 0) is 0 Å². The molecular weight excluding hydrogens is 491 g/mol. The van der Waals surface area contributed by atoms with Crippen LogP contribution in [0.2, 0.25) is 0 Å². The lowest BCUT2D eigenvalue weighted by Gasteiger charge is -2.29. The van der Waals surface area contributed by atoms with Crippen LogP contribution in [0, 0.1) is 35.0 Å². The van der Waals surface area contributed by atoms with Gasteiger partial charge in [0.15, 0.2) is 34.7 Å². The molecule has 1 aliphatic rings. The Labute approximate surface area is 213 Å². The van der Waals surface area contributed by atoms with Gasteiger partial charge in [0.05, 0.1) is 19.8 Å². The van der Waals surface area contributed by atoms with E-state index in [2.05, 4.69) is 0 Å². The highest BCUT2D eigenvalue weighted by molar-refractivity contribution is 5.66. The van der Waals surface area contributed by atoms with Crippen molar-refractivity contribution in [2.45, 2.75) is 45.4 Å². The minimum absolute atomic E-state index is 0.0114. The van der Waals surface area contributed by atoms with E-state index in [-0.39, 0.29) is 60.0 Å². The first-order valence-electron chi connectivity index (χ1n) is 12.5. The number of hydrogen-bond acceptors (Lipinski definition) is 3. The van der Waals surface area contributed by atoms with Crippen LogP contribution in [0.1, 0.15) is 51.0 Å². The van der Waals surface area contributed by atoms with E-state index in [1.807, 2.05) is 0 Å². The lowest BCUT2D eigenvalue weighted by Crippen LogP contribution is -2.20. The molecule has 0 aliphatic heterocycles.